The molecule has 1 saturated heterocycles. The smallest absolute Gasteiger partial charge is 0.239 e. The summed E-state index contributed by atoms with van der Waals surface area (Å²) >= 11 is 7.71. The molecular weight excluding hydrogens is 452 g/mol. The Balaban J connectivity index is 1.31. The number of carbonyl (C=O) groups is 1. The van der Waals surface area contributed by atoms with E-state index >= 15 is 0 Å². The number of nitrogens with one attached hydrogen (secondary N) is 1. The molecule has 1 aromatic carbocycles. The lowest BCUT2D eigenvalue weighted by molar-refractivity contribution is -0.117. The molecule has 2 heterocycles. The molecule has 7 heteroatoms. The van der Waals surface area contributed by atoms with E-state index in [2.05, 4.69) is 48.0 Å². The minimum Gasteiger partial charge on any atom is -0.315 e. The summed E-state index contributed by atoms with van der Waals surface area (Å²) in [6.45, 7) is 11.7. The van der Waals surface area contributed by atoms with Crippen molar-refractivity contribution in [2.24, 2.45) is 11.3 Å². The first-order valence-electron chi connectivity index (χ1n) is 11.8. The molecule has 1 atom stereocenters. The standard InChI is InChI=1S/C26H33ClN4OS/c1-26(2,3)19-7-8-21-22(15-28)25(33-23(21)14-19)29-24(32)17-31-11-9-30(10-12-31)16-18-5-4-6-20(27)13-18/h4-6,13,19H,7-12,14,16-17H2,1-3H3,(H,29,32). The summed E-state index contributed by atoms with van der Waals surface area (Å²) in [7, 11) is 0. The van der Waals surface area contributed by atoms with Gasteiger partial charge in [-0.1, -0.05) is 44.5 Å². The first kappa shape index (κ1) is 24.2. The molecule has 1 aliphatic heterocycles. The van der Waals surface area contributed by atoms with E-state index in [0.29, 0.717) is 18.0 Å². The minimum absolute atomic E-state index is 0.0271. The maximum atomic E-state index is 12.8. The average molecular weight is 485 g/mol. The third-order valence-corrected chi connectivity index (χ3v) is 8.39. The highest BCUT2D eigenvalue weighted by Gasteiger charge is 2.32. The lowest BCUT2D eigenvalue weighted by Gasteiger charge is -2.34. The van der Waals surface area contributed by atoms with E-state index in [1.54, 1.807) is 11.3 Å². The molecule has 2 aliphatic rings. The third kappa shape index (κ3) is 5.96. The molecule has 1 fully saturated rings. The van der Waals surface area contributed by atoms with Gasteiger partial charge in [-0.3, -0.25) is 14.6 Å². The zero-order valence-electron chi connectivity index (χ0n) is 19.8. The van der Waals surface area contributed by atoms with Crippen molar-refractivity contribution in [2.75, 3.05) is 38.0 Å². The van der Waals surface area contributed by atoms with Gasteiger partial charge in [0.1, 0.15) is 11.1 Å². The number of thiophene rings is 1. The van der Waals surface area contributed by atoms with Gasteiger partial charge in [0.25, 0.3) is 0 Å². The quantitative estimate of drug-likeness (QED) is 0.635. The monoisotopic (exact) mass is 484 g/mol. The summed E-state index contributed by atoms with van der Waals surface area (Å²) in [5.74, 6) is 0.586. The van der Waals surface area contributed by atoms with Gasteiger partial charge in [-0.15, -0.1) is 11.3 Å². The normalized spacial score (nSPS) is 19.7. The van der Waals surface area contributed by atoms with Gasteiger partial charge in [-0.2, -0.15) is 5.26 Å². The number of nitriles is 1. The number of rotatable bonds is 5. The van der Waals surface area contributed by atoms with Gasteiger partial charge >= 0.3 is 0 Å². The van der Waals surface area contributed by atoms with Crippen LogP contribution in [-0.2, 0) is 24.2 Å². The molecule has 176 valence electrons. The molecule has 1 unspecified atom stereocenters. The van der Waals surface area contributed by atoms with Crippen molar-refractivity contribution in [1.29, 1.82) is 5.26 Å². The highest BCUT2D eigenvalue weighted by Crippen LogP contribution is 2.44. The molecule has 0 radical (unpaired) electrons. The van der Waals surface area contributed by atoms with Crippen LogP contribution in [0.4, 0.5) is 5.00 Å². The van der Waals surface area contributed by atoms with Crippen LogP contribution in [0.3, 0.4) is 0 Å². The summed E-state index contributed by atoms with van der Waals surface area (Å²) in [5, 5.41) is 14.3. The Morgan fingerprint density at radius 2 is 1.97 bits per heavy atom. The van der Waals surface area contributed by atoms with Crippen LogP contribution in [-0.4, -0.2) is 48.4 Å². The number of hydrogen-bond acceptors (Lipinski definition) is 5. The zero-order valence-corrected chi connectivity index (χ0v) is 21.4. The van der Waals surface area contributed by atoms with E-state index in [4.69, 9.17) is 11.6 Å². The van der Waals surface area contributed by atoms with Gasteiger partial charge in [0, 0.05) is 42.6 Å². The molecule has 0 spiro atoms. The van der Waals surface area contributed by atoms with Crippen molar-refractivity contribution in [1.82, 2.24) is 9.80 Å². The van der Waals surface area contributed by atoms with E-state index in [1.165, 1.54) is 10.4 Å². The number of halogens is 1. The molecule has 1 N–H and O–H groups in total. The van der Waals surface area contributed by atoms with Gasteiger partial charge in [0.2, 0.25) is 5.91 Å². The van der Waals surface area contributed by atoms with Gasteiger partial charge in [-0.25, -0.2) is 0 Å². The number of piperazine rings is 1. The molecule has 2 aromatic rings. The van der Waals surface area contributed by atoms with Gasteiger partial charge in [0.05, 0.1) is 12.1 Å². The maximum Gasteiger partial charge on any atom is 0.239 e. The highest BCUT2D eigenvalue weighted by molar-refractivity contribution is 7.16. The third-order valence-electron chi connectivity index (χ3n) is 6.98. The predicted molar refractivity (Wildman–Crippen MR) is 136 cm³/mol. The zero-order chi connectivity index (χ0) is 23.6. The van der Waals surface area contributed by atoms with Crippen LogP contribution in [0.1, 0.15) is 48.8 Å². The van der Waals surface area contributed by atoms with E-state index in [9.17, 15) is 10.1 Å². The molecule has 1 aliphatic carbocycles. The van der Waals surface area contributed by atoms with Crippen LogP contribution in [0.2, 0.25) is 5.02 Å². The van der Waals surface area contributed by atoms with Crippen LogP contribution in [0.5, 0.6) is 0 Å². The number of anilines is 1. The number of fused-ring (bicyclic) bond motifs is 1. The Bertz CT molecular complexity index is 1040. The average Bonchev–Trinajstić information content (AvgIpc) is 3.10. The SMILES string of the molecule is CC(C)(C)C1CCc2c(sc(NC(=O)CN3CCN(Cc4cccc(Cl)c4)CC3)c2C#N)C1. The number of benzene rings is 1. The Morgan fingerprint density at radius 1 is 1.24 bits per heavy atom. The first-order chi connectivity index (χ1) is 15.7. The van der Waals surface area contributed by atoms with Crippen molar-refractivity contribution in [3.05, 3.63) is 50.9 Å². The summed E-state index contributed by atoms with van der Waals surface area (Å²) in [6, 6.07) is 10.4. The molecule has 1 aromatic heterocycles. The summed E-state index contributed by atoms with van der Waals surface area (Å²) < 4.78 is 0. The van der Waals surface area contributed by atoms with Crippen LogP contribution < -0.4 is 5.32 Å². The Hall–Kier alpha value is -1.91. The lowest BCUT2D eigenvalue weighted by Crippen LogP contribution is -2.48. The van der Waals surface area contributed by atoms with Crippen molar-refractivity contribution >= 4 is 33.8 Å². The fourth-order valence-corrected chi connectivity index (χ4v) is 6.41. The second-order valence-corrected chi connectivity index (χ2v) is 11.9. The molecule has 4 rings (SSSR count). The Kier molecular flexibility index (Phi) is 7.45. The largest absolute Gasteiger partial charge is 0.315 e. The molecule has 5 nitrogen and oxygen atoms in total. The fourth-order valence-electron chi connectivity index (χ4n) is 4.90. The summed E-state index contributed by atoms with van der Waals surface area (Å²) in [5.41, 5.74) is 3.32. The van der Waals surface area contributed by atoms with Crippen LogP contribution in [0.15, 0.2) is 24.3 Å². The van der Waals surface area contributed by atoms with Crippen molar-refractivity contribution < 1.29 is 4.79 Å². The molecule has 0 bridgehead atoms. The number of nitrogens with zero attached hydrogens (tertiary/aromatic N) is 3. The fraction of sp³-hybridized carbons (Fsp3) is 0.538. The summed E-state index contributed by atoms with van der Waals surface area (Å²) in [6.07, 6.45) is 3.04. The van der Waals surface area contributed by atoms with Gasteiger partial charge in [-0.05, 0) is 53.9 Å². The molecular formula is C26H33ClN4OS. The number of carbonyl (C=O) groups excluding carboxylic acids is 1. The topological polar surface area (TPSA) is 59.4 Å². The van der Waals surface area contributed by atoms with Crippen LogP contribution in [0.25, 0.3) is 0 Å². The van der Waals surface area contributed by atoms with E-state index in [-0.39, 0.29) is 11.3 Å². The number of amides is 1. The van der Waals surface area contributed by atoms with E-state index in [0.717, 1.165) is 67.6 Å². The van der Waals surface area contributed by atoms with Gasteiger partial charge < -0.3 is 5.32 Å². The maximum absolute atomic E-state index is 12.8. The van der Waals surface area contributed by atoms with E-state index in [1.807, 2.05) is 18.2 Å². The molecule has 33 heavy (non-hydrogen) atoms. The second kappa shape index (κ2) is 10.1. The molecule has 1 amide bonds. The van der Waals surface area contributed by atoms with Gasteiger partial charge in [0.15, 0.2) is 0 Å². The summed E-state index contributed by atoms with van der Waals surface area (Å²) in [4.78, 5) is 18.7. The van der Waals surface area contributed by atoms with Crippen molar-refractivity contribution in [3.63, 3.8) is 0 Å². The van der Waals surface area contributed by atoms with E-state index < -0.39 is 0 Å². The van der Waals surface area contributed by atoms with Crippen molar-refractivity contribution in [2.45, 2.75) is 46.6 Å². The first-order valence-corrected chi connectivity index (χ1v) is 13.0. The van der Waals surface area contributed by atoms with Crippen LogP contribution in [0, 0.1) is 22.7 Å². The lowest BCUT2D eigenvalue weighted by atomic mass is 9.72. The highest BCUT2D eigenvalue weighted by atomic mass is 35.5. The minimum atomic E-state index is -0.0271. The predicted octanol–water partition coefficient (Wildman–Crippen LogP) is 5.18. The van der Waals surface area contributed by atoms with Crippen molar-refractivity contribution in [3.8, 4) is 6.07 Å². The number of hydrogen-bond donors (Lipinski definition) is 1. The second-order valence-electron chi connectivity index (χ2n) is 10.4. The Morgan fingerprint density at radius 3 is 2.64 bits per heavy atom. The van der Waals surface area contributed by atoms with Crippen LogP contribution >= 0.6 is 22.9 Å². The Labute approximate surface area is 206 Å². The molecule has 0 saturated carbocycles.